The maximum atomic E-state index is 14.3. The van der Waals surface area contributed by atoms with Crippen LogP contribution in [0.5, 0.6) is 0 Å². The molecule has 3 rings (SSSR count). The van der Waals surface area contributed by atoms with Crippen LogP contribution in [0.2, 0.25) is 0 Å². The smallest absolute Gasteiger partial charge is 0.304 e. The van der Waals surface area contributed by atoms with E-state index in [2.05, 4.69) is 31.6 Å². The number of aliphatic carboxylic acids is 1. The van der Waals surface area contributed by atoms with Crippen molar-refractivity contribution >= 4 is 97.9 Å². The number of hydrogen-bond donors (Lipinski definition) is 8. The molecule has 1 unspecified atom stereocenters. The Labute approximate surface area is 384 Å². The van der Waals surface area contributed by atoms with Gasteiger partial charge in [0.15, 0.2) is 29.1 Å². The van der Waals surface area contributed by atoms with Gasteiger partial charge in [0, 0.05) is 54.9 Å². The average molecular weight is 949 g/mol. The Morgan fingerprint density at radius 1 is 0.750 bits per heavy atom. The van der Waals surface area contributed by atoms with Crippen LogP contribution in [0.25, 0.3) is 0 Å². The zero-order valence-electron chi connectivity index (χ0n) is 36.1. The van der Waals surface area contributed by atoms with E-state index in [1.165, 1.54) is 6.92 Å². The van der Waals surface area contributed by atoms with E-state index in [0.29, 0.717) is 18.4 Å². The Bertz CT molecular complexity index is 1870. The summed E-state index contributed by atoms with van der Waals surface area (Å²) in [5, 5.41) is 23.1. The van der Waals surface area contributed by atoms with Crippen molar-refractivity contribution in [3.63, 3.8) is 0 Å². The van der Waals surface area contributed by atoms with Gasteiger partial charge in [-0.3, -0.25) is 52.9 Å². The number of rotatable bonds is 12. The third-order valence-electron chi connectivity index (χ3n) is 10.5. The van der Waals surface area contributed by atoms with E-state index < -0.39 is 126 Å². The summed E-state index contributed by atoms with van der Waals surface area (Å²) < 4.78 is 0. The lowest BCUT2D eigenvalue weighted by molar-refractivity contribution is -0.142. The number of benzene rings is 1. The van der Waals surface area contributed by atoms with Gasteiger partial charge in [0.05, 0.1) is 42.8 Å². The van der Waals surface area contributed by atoms with Crippen molar-refractivity contribution in [2.75, 3.05) is 36.1 Å². The lowest BCUT2D eigenvalue weighted by atomic mass is 9.90. The topological polar surface area (TPSA) is 315 Å². The zero-order valence-corrected chi connectivity index (χ0v) is 38.5. The molecular formula is C42H60N8O11S3. The molecule has 1 aromatic carbocycles. The molecule has 0 radical (unpaired) electrons. The maximum absolute atomic E-state index is 14.3. The molecule has 0 spiro atoms. The molecule has 5 amide bonds. The van der Waals surface area contributed by atoms with Crippen LogP contribution in [0.15, 0.2) is 35.3 Å². The molecule has 10 N–H and O–H groups in total. The van der Waals surface area contributed by atoms with Crippen molar-refractivity contribution in [1.29, 1.82) is 0 Å². The molecule has 2 aliphatic heterocycles. The number of hydrogen-bond acceptors (Lipinski definition) is 14. The molecule has 2 heterocycles. The van der Waals surface area contributed by atoms with Gasteiger partial charge in [0.25, 0.3) is 0 Å². The summed E-state index contributed by atoms with van der Waals surface area (Å²) in [6.45, 7) is 2.71. The number of thioether (sulfide) groups is 1. The maximum Gasteiger partial charge on any atom is 0.304 e. The van der Waals surface area contributed by atoms with Crippen molar-refractivity contribution in [3.8, 4) is 0 Å². The molecule has 2 saturated heterocycles. The zero-order chi connectivity index (χ0) is 47.2. The summed E-state index contributed by atoms with van der Waals surface area (Å²) in [5.74, 6) is -11.1. The normalized spacial score (nSPS) is 25.6. The number of Topliss-reactive ketones (excluding diaryl/α,β-unsaturated/α-hetero) is 4. The summed E-state index contributed by atoms with van der Waals surface area (Å²) in [5.41, 5.74) is 11.6. The highest BCUT2D eigenvalue weighted by Gasteiger charge is 2.35. The molecule has 64 heavy (non-hydrogen) atoms. The largest absolute Gasteiger partial charge is 0.481 e. The second-order valence-corrected chi connectivity index (χ2v) is 19.4. The van der Waals surface area contributed by atoms with Gasteiger partial charge in [-0.05, 0) is 38.2 Å². The highest BCUT2D eigenvalue weighted by Crippen LogP contribution is 2.27. The molecule has 22 heteroatoms. The number of nitrogens with two attached hydrogens (primary N) is 2. The van der Waals surface area contributed by atoms with Gasteiger partial charge in [-0.2, -0.15) is 0 Å². The number of unbranched alkanes of at least 4 members (excludes halogenated alkanes) is 1. The van der Waals surface area contributed by atoms with Crippen LogP contribution in [0.3, 0.4) is 0 Å². The SMILES string of the molecule is CCCC[C@@H]1NC(=O)CSC[C@@H](C(C)=O)NC(=O)C(Cc2ccccc2)CC(=O)[C@@H]2CSSC[C@H](NC1=O)C(=O)C[C@@H](CCCN=C(N)N)C(=O)NCC(=O)C[C@@H](CC(=O)O)C(=O)N2. The average Bonchev–Trinajstić information content (AvgIpc) is 3.24. The fourth-order valence-corrected chi connectivity index (χ4v) is 10.2. The van der Waals surface area contributed by atoms with E-state index in [4.69, 9.17) is 11.5 Å². The fourth-order valence-electron chi connectivity index (χ4n) is 6.90. The summed E-state index contributed by atoms with van der Waals surface area (Å²) >= 11 is 1.05. The van der Waals surface area contributed by atoms with Gasteiger partial charge in [0.1, 0.15) is 6.04 Å². The Morgan fingerprint density at radius 2 is 1.38 bits per heavy atom. The molecule has 7 atom stereocenters. The van der Waals surface area contributed by atoms with E-state index >= 15 is 0 Å². The van der Waals surface area contributed by atoms with E-state index in [1.54, 1.807) is 30.3 Å². The first kappa shape index (κ1) is 53.4. The number of aliphatic imine (C=N–C) groups is 1. The van der Waals surface area contributed by atoms with Crippen molar-refractivity contribution in [2.45, 2.75) is 102 Å². The van der Waals surface area contributed by atoms with Crippen LogP contribution < -0.4 is 38.1 Å². The number of carbonyl (C=O) groups is 10. The monoisotopic (exact) mass is 948 g/mol. The van der Waals surface area contributed by atoms with Gasteiger partial charge >= 0.3 is 5.97 Å². The molecule has 0 aliphatic carbocycles. The number of fused-ring (bicyclic) bond motifs is 5. The molecular weight excluding hydrogens is 889 g/mol. The van der Waals surface area contributed by atoms with Crippen molar-refractivity contribution in [1.82, 2.24) is 26.6 Å². The predicted octanol–water partition coefficient (Wildman–Crippen LogP) is 0.460. The van der Waals surface area contributed by atoms with Crippen molar-refractivity contribution < 1.29 is 53.1 Å². The first-order valence-electron chi connectivity index (χ1n) is 21.2. The number of carboxylic acids is 1. The Morgan fingerprint density at radius 3 is 1.98 bits per heavy atom. The molecule has 19 nitrogen and oxygen atoms in total. The number of carboxylic acid groups (broad SMARTS) is 1. The number of guanidine groups is 1. The standard InChI is InChI=1S/C42H60N8O11S3/c1-3-4-12-30-41(61)50-33-22-64-63-21-32(35(54)17-27(14-25-9-6-5-7-10-25)39(59)48-31(24(2)51)20-62-23-36(55)47-30)49-40(60)28(18-37(56)57)15-29(52)19-46-38(58)26(16-34(33)53)11-8-13-45-42(43)44/h5-7,9-10,26-28,30-33H,3-4,8,11-23H2,1-2H3,(H,46,58)(H,47,55)(H,48,59)(H,49,60)(H,50,61)(H,56,57)(H4,43,44,45)/t26-,27?,28+,30+,31+,32+,33+/m1/s1. The van der Waals surface area contributed by atoms with Gasteiger partial charge in [-0.1, -0.05) is 71.7 Å². The summed E-state index contributed by atoms with van der Waals surface area (Å²) in [6, 6.07) is 4.19. The molecule has 2 aliphatic rings. The molecule has 0 aromatic heterocycles. The lowest BCUT2D eigenvalue weighted by Crippen LogP contribution is -2.53. The number of amides is 5. The highest BCUT2D eigenvalue weighted by atomic mass is 33.1. The molecule has 2 bridgehead atoms. The van der Waals surface area contributed by atoms with Crippen LogP contribution in [0.4, 0.5) is 0 Å². The number of ketones is 4. The summed E-state index contributed by atoms with van der Waals surface area (Å²) in [6.07, 6.45) is -0.308. The second kappa shape index (κ2) is 28.1. The highest BCUT2D eigenvalue weighted by molar-refractivity contribution is 8.76. The minimum atomic E-state index is -1.45. The van der Waals surface area contributed by atoms with E-state index in [9.17, 15) is 53.1 Å². The first-order chi connectivity index (χ1) is 30.5. The van der Waals surface area contributed by atoms with Crippen molar-refractivity contribution in [2.24, 2.45) is 34.2 Å². The Balaban J connectivity index is 2.13. The third-order valence-corrected chi connectivity index (χ3v) is 13.9. The predicted molar refractivity (Wildman–Crippen MR) is 245 cm³/mol. The van der Waals surface area contributed by atoms with Gasteiger partial charge in [-0.15, -0.1) is 11.8 Å². The number of nitrogens with zero attached hydrogens (tertiary/aromatic N) is 1. The minimum absolute atomic E-state index is 0.0141. The molecule has 1 aromatic rings. The van der Waals surface area contributed by atoms with Gasteiger partial charge in [0.2, 0.25) is 29.5 Å². The molecule has 352 valence electrons. The molecule has 0 saturated carbocycles. The van der Waals surface area contributed by atoms with E-state index in [1.807, 2.05) is 6.92 Å². The summed E-state index contributed by atoms with van der Waals surface area (Å²) in [4.78, 5) is 139. The third kappa shape index (κ3) is 19.4. The fraction of sp³-hybridized carbons (Fsp3) is 0.595. The lowest BCUT2D eigenvalue weighted by Gasteiger charge is -2.26. The minimum Gasteiger partial charge on any atom is -0.481 e. The van der Waals surface area contributed by atoms with Gasteiger partial charge < -0.3 is 43.2 Å². The quantitative estimate of drug-likeness (QED) is 0.0611. The van der Waals surface area contributed by atoms with E-state index in [-0.39, 0.29) is 67.6 Å². The van der Waals surface area contributed by atoms with Crippen LogP contribution in [0, 0.1) is 17.8 Å². The van der Waals surface area contributed by atoms with E-state index in [0.717, 1.165) is 33.3 Å². The van der Waals surface area contributed by atoms with Crippen LogP contribution >= 0.6 is 33.3 Å². The second-order valence-electron chi connectivity index (χ2n) is 15.8. The summed E-state index contributed by atoms with van der Waals surface area (Å²) in [7, 11) is 2.14. The molecule has 2 fully saturated rings. The first-order valence-corrected chi connectivity index (χ1v) is 24.8. The van der Waals surface area contributed by atoms with Crippen molar-refractivity contribution in [3.05, 3.63) is 35.9 Å². The number of nitrogens with one attached hydrogen (secondary N) is 5. The van der Waals surface area contributed by atoms with Crippen LogP contribution in [-0.2, 0) is 54.4 Å². The van der Waals surface area contributed by atoms with Gasteiger partial charge in [-0.25, -0.2) is 0 Å². The van der Waals surface area contributed by atoms with Crippen LogP contribution in [-0.4, -0.2) is 130 Å². The Hall–Kier alpha value is -4.96. The Kier molecular flexibility index (Phi) is 23.4. The number of carbonyl (C=O) groups excluding carboxylic acids is 9. The van der Waals surface area contributed by atoms with Crippen LogP contribution in [0.1, 0.15) is 77.2 Å².